The van der Waals surface area contributed by atoms with Crippen molar-refractivity contribution < 1.29 is 27.1 Å². The van der Waals surface area contributed by atoms with E-state index in [1.165, 1.54) is 25.4 Å². The van der Waals surface area contributed by atoms with Gasteiger partial charge in [-0.05, 0) is 36.4 Å². The number of methoxy groups -OCH3 is 1. The maximum absolute atomic E-state index is 12.8. The predicted octanol–water partition coefficient (Wildman–Crippen LogP) is 5.88. The highest BCUT2D eigenvalue weighted by atomic mass is 19.4. The Balaban J connectivity index is 1.72. The van der Waals surface area contributed by atoms with E-state index in [2.05, 4.69) is 9.97 Å². The molecule has 156 valence electrons. The Morgan fingerprint density at radius 1 is 0.903 bits per heavy atom. The van der Waals surface area contributed by atoms with Crippen LogP contribution in [0, 0.1) is 0 Å². The Morgan fingerprint density at radius 2 is 1.58 bits per heavy atom. The SMILES string of the molecule is COC(=O)c1nc(-c2ccc(C(F)(F)F)cc2)oc1-c1ccc(-c2ccccc2)nc1. The van der Waals surface area contributed by atoms with Crippen LogP contribution in [0.2, 0.25) is 0 Å². The summed E-state index contributed by atoms with van der Waals surface area (Å²) in [5.41, 5.74) is 1.53. The van der Waals surface area contributed by atoms with Gasteiger partial charge in [-0.15, -0.1) is 0 Å². The second-order valence-electron chi connectivity index (χ2n) is 6.56. The normalized spacial score (nSPS) is 11.4. The summed E-state index contributed by atoms with van der Waals surface area (Å²) < 4.78 is 49.0. The Bertz CT molecular complexity index is 1200. The van der Waals surface area contributed by atoms with E-state index in [9.17, 15) is 18.0 Å². The third-order valence-corrected chi connectivity index (χ3v) is 4.56. The molecule has 0 aliphatic rings. The molecule has 0 spiro atoms. The monoisotopic (exact) mass is 424 g/mol. The Hall–Kier alpha value is -3.94. The van der Waals surface area contributed by atoms with Crippen molar-refractivity contribution in [3.05, 3.63) is 84.2 Å². The van der Waals surface area contributed by atoms with Crippen LogP contribution in [0.4, 0.5) is 13.2 Å². The number of carbonyl (C=O) groups excluding carboxylic acids is 1. The van der Waals surface area contributed by atoms with Crippen LogP contribution in [-0.4, -0.2) is 23.0 Å². The molecule has 0 unspecified atom stereocenters. The van der Waals surface area contributed by atoms with Crippen LogP contribution in [0.5, 0.6) is 0 Å². The fourth-order valence-electron chi connectivity index (χ4n) is 2.98. The number of nitrogens with zero attached hydrogens (tertiary/aromatic N) is 2. The van der Waals surface area contributed by atoms with E-state index in [-0.39, 0.29) is 17.3 Å². The highest BCUT2D eigenvalue weighted by molar-refractivity contribution is 5.94. The van der Waals surface area contributed by atoms with Crippen molar-refractivity contribution in [1.82, 2.24) is 9.97 Å². The number of carbonyl (C=O) groups is 1. The van der Waals surface area contributed by atoms with Crippen molar-refractivity contribution in [3.63, 3.8) is 0 Å². The van der Waals surface area contributed by atoms with Gasteiger partial charge in [-0.3, -0.25) is 4.98 Å². The highest BCUT2D eigenvalue weighted by Crippen LogP contribution is 2.33. The average Bonchev–Trinajstić information content (AvgIpc) is 3.24. The number of rotatable bonds is 4. The number of ether oxygens (including phenoxy) is 1. The maximum Gasteiger partial charge on any atom is 0.416 e. The molecule has 0 saturated heterocycles. The quantitative estimate of drug-likeness (QED) is 0.383. The summed E-state index contributed by atoms with van der Waals surface area (Å²) in [7, 11) is 1.20. The fraction of sp³-hybridized carbons (Fsp3) is 0.0870. The molecule has 0 radical (unpaired) electrons. The molecule has 4 aromatic rings. The van der Waals surface area contributed by atoms with Crippen molar-refractivity contribution in [2.24, 2.45) is 0 Å². The Kier molecular flexibility index (Phi) is 5.29. The van der Waals surface area contributed by atoms with Gasteiger partial charge in [0, 0.05) is 22.9 Å². The van der Waals surface area contributed by atoms with Crippen LogP contribution in [0.25, 0.3) is 34.0 Å². The minimum absolute atomic E-state index is 0.00346. The predicted molar refractivity (Wildman–Crippen MR) is 107 cm³/mol. The van der Waals surface area contributed by atoms with E-state index in [1.807, 2.05) is 30.3 Å². The molecule has 0 saturated carbocycles. The van der Waals surface area contributed by atoms with Crippen molar-refractivity contribution in [2.45, 2.75) is 6.18 Å². The van der Waals surface area contributed by atoms with Gasteiger partial charge in [0.25, 0.3) is 0 Å². The first-order valence-corrected chi connectivity index (χ1v) is 9.15. The minimum atomic E-state index is -4.45. The number of esters is 1. The standard InChI is InChI=1S/C23H15F3N2O3/c1-30-22(29)19-20(16-9-12-18(27-13-16)14-5-3-2-4-6-14)31-21(28-19)15-7-10-17(11-8-15)23(24,25)26/h2-13H,1H3. The van der Waals surface area contributed by atoms with Crippen LogP contribution in [0.1, 0.15) is 16.1 Å². The van der Waals surface area contributed by atoms with E-state index in [1.54, 1.807) is 12.1 Å². The topological polar surface area (TPSA) is 65.2 Å². The molecule has 8 heteroatoms. The molecule has 0 N–H and O–H groups in total. The lowest BCUT2D eigenvalue weighted by atomic mass is 10.1. The summed E-state index contributed by atoms with van der Waals surface area (Å²) >= 11 is 0. The van der Waals surface area contributed by atoms with E-state index in [4.69, 9.17) is 9.15 Å². The smallest absolute Gasteiger partial charge is 0.416 e. The molecule has 0 bridgehead atoms. The van der Waals surface area contributed by atoms with Gasteiger partial charge >= 0.3 is 12.1 Å². The molecule has 2 heterocycles. The summed E-state index contributed by atoms with van der Waals surface area (Å²) in [4.78, 5) is 20.8. The van der Waals surface area contributed by atoms with Gasteiger partial charge in [0.2, 0.25) is 5.89 Å². The van der Waals surface area contributed by atoms with Gasteiger partial charge < -0.3 is 9.15 Å². The largest absolute Gasteiger partial charge is 0.464 e. The summed E-state index contributed by atoms with van der Waals surface area (Å²) in [6.07, 6.45) is -2.92. The zero-order chi connectivity index (χ0) is 22.0. The number of alkyl halides is 3. The third kappa shape index (κ3) is 4.18. The summed E-state index contributed by atoms with van der Waals surface area (Å²) in [5.74, 6) is -0.617. The maximum atomic E-state index is 12.8. The van der Waals surface area contributed by atoms with Gasteiger partial charge in [0.1, 0.15) is 0 Å². The molecule has 31 heavy (non-hydrogen) atoms. The van der Waals surface area contributed by atoms with E-state index in [0.717, 1.165) is 23.4 Å². The lowest BCUT2D eigenvalue weighted by Crippen LogP contribution is -2.04. The van der Waals surface area contributed by atoms with E-state index in [0.29, 0.717) is 11.1 Å². The van der Waals surface area contributed by atoms with Crippen LogP contribution in [0.15, 0.2) is 77.3 Å². The summed E-state index contributed by atoms with van der Waals surface area (Å²) in [5, 5.41) is 0. The Labute approximate surface area is 175 Å². The highest BCUT2D eigenvalue weighted by Gasteiger charge is 2.30. The molecule has 5 nitrogen and oxygen atoms in total. The number of benzene rings is 2. The first-order chi connectivity index (χ1) is 14.9. The fourth-order valence-corrected chi connectivity index (χ4v) is 2.98. The van der Waals surface area contributed by atoms with Gasteiger partial charge in [-0.25, -0.2) is 9.78 Å². The lowest BCUT2D eigenvalue weighted by molar-refractivity contribution is -0.137. The zero-order valence-electron chi connectivity index (χ0n) is 16.2. The lowest BCUT2D eigenvalue weighted by Gasteiger charge is -2.06. The van der Waals surface area contributed by atoms with Crippen LogP contribution in [-0.2, 0) is 10.9 Å². The number of hydrogen-bond acceptors (Lipinski definition) is 5. The molecule has 0 atom stereocenters. The van der Waals surface area contributed by atoms with Crippen molar-refractivity contribution >= 4 is 5.97 Å². The Morgan fingerprint density at radius 3 is 2.16 bits per heavy atom. The molecular formula is C23H15F3N2O3. The molecule has 4 rings (SSSR count). The third-order valence-electron chi connectivity index (χ3n) is 4.56. The second kappa shape index (κ2) is 8.06. The van der Waals surface area contributed by atoms with Gasteiger partial charge in [-0.1, -0.05) is 30.3 Å². The molecule has 2 aromatic carbocycles. The molecule has 0 amide bonds. The number of pyridine rings is 1. The first kappa shape index (κ1) is 20.3. The molecule has 2 aromatic heterocycles. The first-order valence-electron chi connectivity index (χ1n) is 9.15. The van der Waals surface area contributed by atoms with Crippen LogP contribution < -0.4 is 0 Å². The molecule has 0 aliphatic carbocycles. The van der Waals surface area contributed by atoms with E-state index >= 15 is 0 Å². The van der Waals surface area contributed by atoms with Crippen LogP contribution >= 0.6 is 0 Å². The average molecular weight is 424 g/mol. The zero-order valence-corrected chi connectivity index (χ0v) is 16.2. The molecule has 0 aliphatic heterocycles. The van der Waals surface area contributed by atoms with Gasteiger partial charge in [0.05, 0.1) is 18.4 Å². The number of hydrogen-bond donors (Lipinski definition) is 0. The number of oxazole rings is 1. The van der Waals surface area contributed by atoms with Crippen molar-refractivity contribution in [1.29, 1.82) is 0 Å². The minimum Gasteiger partial charge on any atom is -0.464 e. The summed E-state index contributed by atoms with van der Waals surface area (Å²) in [6.45, 7) is 0. The van der Waals surface area contributed by atoms with E-state index < -0.39 is 17.7 Å². The van der Waals surface area contributed by atoms with Crippen LogP contribution in [0.3, 0.4) is 0 Å². The molecule has 0 fully saturated rings. The number of halogens is 3. The van der Waals surface area contributed by atoms with Crippen molar-refractivity contribution in [2.75, 3.05) is 7.11 Å². The second-order valence-corrected chi connectivity index (χ2v) is 6.56. The van der Waals surface area contributed by atoms with Gasteiger partial charge in [0.15, 0.2) is 11.5 Å². The number of aromatic nitrogens is 2. The summed E-state index contributed by atoms with van der Waals surface area (Å²) in [6, 6.07) is 17.3. The molecular weight excluding hydrogens is 409 g/mol. The van der Waals surface area contributed by atoms with Gasteiger partial charge in [-0.2, -0.15) is 13.2 Å². The van der Waals surface area contributed by atoms with Crippen molar-refractivity contribution in [3.8, 4) is 34.0 Å².